The van der Waals surface area contributed by atoms with Crippen LogP contribution in [0.4, 0.5) is 5.69 Å². The van der Waals surface area contributed by atoms with E-state index in [1.165, 1.54) is 18.4 Å². The van der Waals surface area contributed by atoms with Gasteiger partial charge in [0.2, 0.25) is 10.0 Å². The van der Waals surface area contributed by atoms with Crippen molar-refractivity contribution in [3.05, 3.63) is 24.5 Å². The molecule has 0 atom stereocenters. The second-order valence-electron chi connectivity index (χ2n) is 4.28. The predicted molar refractivity (Wildman–Crippen MR) is 71.6 cm³/mol. The van der Waals surface area contributed by atoms with E-state index in [-0.39, 0.29) is 5.75 Å². The van der Waals surface area contributed by atoms with Gasteiger partial charge in [0.1, 0.15) is 0 Å². The third-order valence-electron chi connectivity index (χ3n) is 2.79. The van der Waals surface area contributed by atoms with Crippen LogP contribution in [-0.4, -0.2) is 42.1 Å². The van der Waals surface area contributed by atoms with E-state index in [1.807, 2.05) is 10.6 Å². The third kappa shape index (κ3) is 2.46. The molecule has 0 amide bonds. The van der Waals surface area contributed by atoms with E-state index in [0.29, 0.717) is 12.2 Å². The van der Waals surface area contributed by atoms with Crippen molar-refractivity contribution in [2.24, 2.45) is 0 Å². The Morgan fingerprint density at radius 3 is 2.78 bits per heavy atom. The van der Waals surface area contributed by atoms with Crippen molar-refractivity contribution in [2.75, 3.05) is 25.6 Å². The zero-order valence-electron chi connectivity index (χ0n) is 10.4. The molecular weight excluding hydrogens is 252 g/mol. The highest BCUT2D eigenvalue weighted by Crippen LogP contribution is 2.16. The zero-order valence-corrected chi connectivity index (χ0v) is 11.2. The molecule has 6 nitrogen and oxygen atoms in total. The number of rotatable bonds is 4. The van der Waals surface area contributed by atoms with E-state index in [9.17, 15) is 8.42 Å². The highest BCUT2D eigenvalue weighted by atomic mass is 32.2. The number of aryl methyl sites for hydroxylation is 1. The molecule has 18 heavy (non-hydrogen) atoms. The first kappa shape index (κ1) is 12.8. The Balaban J connectivity index is 2.23. The Hall–Kier alpha value is -1.60. The minimum Gasteiger partial charge on any atom is -0.399 e. The lowest BCUT2D eigenvalue weighted by Gasteiger charge is -2.11. The Kier molecular flexibility index (Phi) is 3.27. The van der Waals surface area contributed by atoms with Gasteiger partial charge in [-0.3, -0.25) is 0 Å². The SMILES string of the molecule is CN(C)S(=O)(=O)CCn1cnc2cc(N)ccc21. The van der Waals surface area contributed by atoms with Crippen molar-refractivity contribution in [2.45, 2.75) is 6.54 Å². The molecule has 0 aliphatic rings. The number of sulfonamides is 1. The Labute approximate surface area is 106 Å². The summed E-state index contributed by atoms with van der Waals surface area (Å²) in [5, 5.41) is 0. The quantitative estimate of drug-likeness (QED) is 0.819. The number of aromatic nitrogens is 2. The topological polar surface area (TPSA) is 81.2 Å². The summed E-state index contributed by atoms with van der Waals surface area (Å²) in [6.45, 7) is 0.376. The number of benzene rings is 1. The number of anilines is 1. The number of nitrogen functional groups attached to an aromatic ring is 1. The molecule has 0 unspecified atom stereocenters. The lowest BCUT2D eigenvalue weighted by atomic mass is 10.3. The molecule has 0 aliphatic carbocycles. The van der Waals surface area contributed by atoms with Crippen molar-refractivity contribution in [3.63, 3.8) is 0 Å². The second kappa shape index (κ2) is 4.58. The molecule has 1 heterocycles. The molecule has 0 aliphatic heterocycles. The smallest absolute Gasteiger partial charge is 0.215 e. The van der Waals surface area contributed by atoms with E-state index in [1.54, 1.807) is 18.5 Å². The fourth-order valence-electron chi connectivity index (χ4n) is 1.66. The molecule has 2 aromatic rings. The molecular formula is C11H16N4O2S. The van der Waals surface area contributed by atoms with Crippen LogP contribution in [-0.2, 0) is 16.6 Å². The van der Waals surface area contributed by atoms with Crippen LogP contribution < -0.4 is 5.73 Å². The van der Waals surface area contributed by atoms with Gasteiger partial charge in [-0.25, -0.2) is 17.7 Å². The second-order valence-corrected chi connectivity index (χ2v) is 6.59. The standard InChI is InChI=1S/C11H16N4O2S/c1-14(2)18(16,17)6-5-15-8-13-10-7-9(12)3-4-11(10)15/h3-4,7-8H,5-6,12H2,1-2H3. The van der Waals surface area contributed by atoms with Crippen LogP contribution in [0.1, 0.15) is 0 Å². The van der Waals surface area contributed by atoms with Crippen LogP contribution in [0.5, 0.6) is 0 Å². The number of hydrogen-bond acceptors (Lipinski definition) is 4. The minimum absolute atomic E-state index is 0.0514. The lowest BCUT2D eigenvalue weighted by Crippen LogP contribution is -2.27. The fraction of sp³-hybridized carbons (Fsp3) is 0.364. The minimum atomic E-state index is -3.19. The largest absolute Gasteiger partial charge is 0.399 e. The fourth-order valence-corrected chi connectivity index (χ4v) is 2.45. The molecule has 98 valence electrons. The first-order valence-corrected chi connectivity index (χ1v) is 7.11. The molecule has 0 radical (unpaired) electrons. The van der Waals surface area contributed by atoms with Gasteiger partial charge in [-0.1, -0.05) is 0 Å². The van der Waals surface area contributed by atoms with Crippen LogP contribution in [0.2, 0.25) is 0 Å². The predicted octanol–water partition coefficient (Wildman–Crippen LogP) is 0.510. The first-order valence-electron chi connectivity index (χ1n) is 5.51. The van der Waals surface area contributed by atoms with Crippen molar-refractivity contribution >= 4 is 26.7 Å². The number of nitrogens with two attached hydrogens (primary N) is 1. The van der Waals surface area contributed by atoms with Gasteiger partial charge in [-0.2, -0.15) is 0 Å². The van der Waals surface area contributed by atoms with Crippen LogP contribution in [0.15, 0.2) is 24.5 Å². The number of nitrogens with zero attached hydrogens (tertiary/aromatic N) is 3. The van der Waals surface area contributed by atoms with E-state index in [0.717, 1.165) is 11.0 Å². The highest BCUT2D eigenvalue weighted by Gasteiger charge is 2.14. The molecule has 0 saturated carbocycles. The highest BCUT2D eigenvalue weighted by molar-refractivity contribution is 7.89. The molecule has 0 fully saturated rings. The maximum atomic E-state index is 11.7. The maximum absolute atomic E-state index is 11.7. The Bertz CT molecular complexity index is 661. The van der Waals surface area contributed by atoms with Gasteiger partial charge in [-0.15, -0.1) is 0 Å². The molecule has 1 aromatic carbocycles. The summed E-state index contributed by atoms with van der Waals surface area (Å²) in [4.78, 5) is 4.20. The average Bonchev–Trinajstić information content (AvgIpc) is 2.68. The molecule has 1 aromatic heterocycles. The van der Waals surface area contributed by atoms with E-state index < -0.39 is 10.0 Å². The molecule has 0 spiro atoms. The van der Waals surface area contributed by atoms with Crippen molar-refractivity contribution in [1.82, 2.24) is 13.9 Å². The third-order valence-corrected chi connectivity index (χ3v) is 4.60. The summed E-state index contributed by atoms with van der Waals surface area (Å²) in [6, 6.07) is 5.40. The first-order chi connectivity index (χ1) is 8.40. The van der Waals surface area contributed by atoms with Gasteiger partial charge < -0.3 is 10.3 Å². The molecule has 0 bridgehead atoms. The lowest BCUT2D eigenvalue weighted by molar-refractivity contribution is 0.516. The van der Waals surface area contributed by atoms with Crippen molar-refractivity contribution < 1.29 is 8.42 Å². The van der Waals surface area contributed by atoms with Crippen LogP contribution in [0, 0.1) is 0 Å². The number of imidazole rings is 1. The van der Waals surface area contributed by atoms with Gasteiger partial charge in [0.25, 0.3) is 0 Å². The van der Waals surface area contributed by atoms with Crippen LogP contribution in [0.3, 0.4) is 0 Å². The summed E-state index contributed by atoms with van der Waals surface area (Å²) >= 11 is 0. The molecule has 2 N–H and O–H groups in total. The molecule has 0 saturated heterocycles. The monoisotopic (exact) mass is 268 g/mol. The molecule has 2 rings (SSSR count). The van der Waals surface area contributed by atoms with Gasteiger partial charge in [0, 0.05) is 26.3 Å². The average molecular weight is 268 g/mol. The Morgan fingerprint density at radius 1 is 1.39 bits per heavy atom. The van der Waals surface area contributed by atoms with E-state index >= 15 is 0 Å². The van der Waals surface area contributed by atoms with Gasteiger partial charge >= 0.3 is 0 Å². The van der Waals surface area contributed by atoms with E-state index in [4.69, 9.17) is 5.73 Å². The number of hydrogen-bond donors (Lipinski definition) is 1. The van der Waals surface area contributed by atoms with Crippen LogP contribution >= 0.6 is 0 Å². The summed E-state index contributed by atoms with van der Waals surface area (Å²) in [6.07, 6.45) is 1.63. The van der Waals surface area contributed by atoms with E-state index in [2.05, 4.69) is 4.98 Å². The Morgan fingerprint density at radius 2 is 2.11 bits per heavy atom. The zero-order chi connectivity index (χ0) is 13.3. The normalized spacial score (nSPS) is 12.4. The van der Waals surface area contributed by atoms with Gasteiger partial charge in [0.05, 0.1) is 23.1 Å². The van der Waals surface area contributed by atoms with Crippen molar-refractivity contribution in [3.8, 4) is 0 Å². The summed E-state index contributed by atoms with van der Waals surface area (Å²) in [5.41, 5.74) is 7.97. The maximum Gasteiger partial charge on any atom is 0.215 e. The van der Waals surface area contributed by atoms with Crippen LogP contribution in [0.25, 0.3) is 11.0 Å². The summed E-state index contributed by atoms with van der Waals surface area (Å²) in [7, 11) is -0.131. The number of fused-ring (bicyclic) bond motifs is 1. The van der Waals surface area contributed by atoms with Gasteiger partial charge in [0.15, 0.2) is 0 Å². The molecule has 7 heteroatoms. The summed E-state index contributed by atoms with van der Waals surface area (Å²) in [5.74, 6) is 0.0514. The summed E-state index contributed by atoms with van der Waals surface area (Å²) < 4.78 is 26.4. The van der Waals surface area contributed by atoms with Crippen molar-refractivity contribution in [1.29, 1.82) is 0 Å². The van der Waals surface area contributed by atoms with Gasteiger partial charge in [-0.05, 0) is 18.2 Å².